The van der Waals surface area contributed by atoms with E-state index in [1.165, 1.54) is 0 Å². The van der Waals surface area contributed by atoms with E-state index in [0.29, 0.717) is 0 Å². The quantitative estimate of drug-likeness (QED) is 0.463. The second-order valence-corrected chi connectivity index (χ2v) is 14.0. The molecule has 0 aromatic rings. The average Bonchev–Trinajstić information content (AvgIpc) is 2.60. The smallest absolute Gasteiger partial charge is 0.0287 e. The molecule has 0 aromatic heterocycles. The van der Waals surface area contributed by atoms with Crippen LogP contribution in [-0.4, -0.2) is 0 Å². The molecule has 0 aromatic carbocycles. The van der Waals surface area contributed by atoms with Gasteiger partial charge in [-0.1, -0.05) is 25.7 Å². The van der Waals surface area contributed by atoms with Crippen LogP contribution in [-0.2, 0) is 0 Å². The van der Waals surface area contributed by atoms with Gasteiger partial charge in [-0.2, -0.15) is 0 Å². The molecule has 0 nitrogen and oxygen atoms in total. The Morgan fingerprint density at radius 1 is 0.429 bits per heavy atom. The Hall–Kier alpha value is 0. The topological polar surface area (TPSA) is 0 Å². The van der Waals surface area contributed by atoms with Gasteiger partial charge in [0.05, 0.1) is 0 Å². The maximum absolute atomic E-state index is 1.67. The molecule has 0 saturated heterocycles. The Morgan fingerprint density at radius 3 is 1.00 bits per heavy atom. The maximum Gasteiger partial charge on any atom is -0.0287 e. The highest BCUT2D eigenvalue weighted by atomic mass is 14.6. The van der Waals surface area contributed by atoms with Crippen molar-refractivity contribution in [1.29, 1.82) is 0 Å². The molecule has 2 unspecified atom stereocenters. The van der Waals surface area contributed by atoms with Gasteiger partial charge in [-0.25, -0.2) is 0 Å². The summed E-state index contributed by atoms with van der Waals surface area (Å²) in [7, 11) is 0. The molecule has 9 aliphatic rings. The van der Waals surface area contributed by atoms with Crippen molar-refractivity contribution >= 4 is 0 Å². The molecule has 0 spiro atoms. The zero-order valence-electron chi connectivity index (χ0n) is 18.3. The van der Waals surface area contributed by atoms with E-state index in [4.69, 9.17) is 0 Å². The molecule has 9 saturated carbocycles. The summed E-state index contributed by atoms with van der Waals surface area (Å²) in [5.74, 6) is 9.14. The molecular weight excluding hydrogens is 336 g/mol. The first kappa shape index (κ1) is 17.7. The van der Waals surface area contributed by atoms with Gasteiger partial charge < -0.3 is 0 Å². The highest BCUT2D eigenvalue weighted by Gasteiger charge is 2.54. The third-order valence-corrected chi connectivity index (χ3v) is 11.8. The molecule has 9 aliphatic carbocycles. The Labute approximate surface area is 174 Å². The minimum Gasteiger partial charge on any atom is -0.0530 e. The van der Waals surface area contributed by atoms with E-state index < -0.39 is 0 Å². The molecule has 8 bridgehead atoms. The van der Waals surface area contributed by atoms with Crippen LogP contribution in [0.25, 0.3) is 0 Å². The van der Waals surface area contributed by atoms with Gasteiger partial charge in [0.25, 0.3) is 0 Å². The van der Waals surface area contributed by atoms with Crippen molar-refractivity contribution < 1.29 is 0 Å². The molecule has 0 heteroatoms. The van der Waals surface area contributed by atoms with Gasteiger partial charge in [0, 0.05) is 0 Å². The molecule has 0 amide bonds. The zero-order chi connectivity index (χ0) is 18.3. The predicted octanol–water partition coefficient (Wildman–Crippen LogP) is 8.01. The van der Waals surface area contributed by atoms with Crippen LogP contribution in [0, 0.1) is 58.2 Å². The normalized spacial score (nSPS) is 59.1. The zero-order valence-corrected chi connectivity index (χ0v) is 18.3. The number of rotatable bonds is 4. The molecule has 9 fully saturated rings. The second-order valence-electron chi connectivity index (χ2n) is 14.0. The summed E-state index contributed by atoms with van der Waals surface area (Å²) in [4.78, 5) is 0. The first-order valence-corrected chi connectivity index (χ1v) is 13.6. The summed E-state index contributed by atoms with van der Waals surface area (Å²) >= 11 is 0. The maximum atomic E-state index is 1.67. The van der Waals surface area contributed by atoms with E-state index in [1.807, 2.05) is 0 Å². The van der Waals surface area contributed by atoms with E-state index >= 15 is 0 Å². The Bertz CT molecular complexity index is 489. The average molecular weight is 381 g/mol. The molecule has 9 rings (SSSR count). The molecule has 0 N–H and O–H groups in total. The molecule has 156 valence electrons. The van der Waals surface area contributed by atoms with Crippen molar-refractivity contribution in [1.82, 2.24) is 0 Å². The number of hydrogen-bond acceptors (Lipinski definition) is 0. The first-order valence-electron chi connectivity index (χ1n) is 13.6. The van der Waals surface area contributed by atoms with Gasteiger partial charge in [-0.3, -0.25) is 0 Å². The lowest BCUT2D eigenvalue weighted by atomic mass is 9.45. The van der Waals surface area contributed by atoms with Crippen LogP contribution in [0.3, 0.4) is 0 Å². The van der Waals surface area contributed by atoms with Crippen LogP contribution >= 0.6 is 0 Å². The fourth-order valence-corrected chi connectivity index (χ4v) is 12.0. The van der Waals surface area contributed by atoms with Gasteiger partial charge in [-0.05, 0) is 148 Å². The molecule has 0 aliphatic heterocycles. The SMILES string of the molecule is C1CCC(CC23CC4CC(CC(C4)C2)C3)C(CC23CC4CC(CC(C4)C2)C3)C1. The summed E-state index contributed by atoms with van der Waals surface area (Å²) in [6.45, 7) is 0. The Kier molecular flexibility index (Phi) is 3.95. The Balaban J connectivity index is 1.10. The largest absolute Gasteiger partial charge is 0.0530 e. The van der Waals surface area contributed by atoms with Gasteiger partial charge in [-0.15, -0.1) is 0 Å². The molecule has 0 heterocycles. The van der Waals surface area contributed by atoms with E-state index in [1.54, 1.807) is 116 Å². The monoisotopic (exact) mass is 380 g/mol. The second kappa shape index (κ2) is 6.26. The summed E-state index contributed by atoms with van der Waals surface area (Å²) in [5, 5.41) is 0. The van der Waals surface area contributed by atoms with Gasteiger partial charge in [0.1, 0.15) is 0 Å². The summed E-state index contributed by atoms with van der Waals surface area (Å²) in [6.07, 6.45) is 29.4. The molecule has 28 heavy (non-hydrogen) atoms. The summed E-state index contributed by atoms with van der Waals surface area (Å²) < 4.78 is 0. The minimum atomic E-state index is 0.830. The van der Waals surface area contributed by atoms with E-state index in [0.717, 1.165) is 58.2 Å². The highest BCUT2D eigenvalue weighted by Crippen LogP contribution is 2.65. The number of hydrogen-bond donors (Lipinski definition) is 0. The standard InChI is InChI=1S/C28H44/c1-2-4-26(18-28-14-22-8-23(15-28)10-24(9-22)16-28)25(3-1)17-27-11-19-5-20(12-27)7-21(6-19)13-27/h19-26H,1-18H2. The van der Waals surface area contributed by atoms with Crippen molar-refractivity contribution in [3.8, 4) is 0 Å². The van der Waals surface area contributed by atoms with Crippen LogP contribution in [0.15, 0.2) is 0 Å². The van der Waals surface area contributed by atoms with Crippen LogP contribution in [0.2, 0.25) is 0 Å². The highest BCUT2D eigenvalue weighted by molar-refractivity contribution is 5.05. The van der Waals surface area contributed by atoms with Crippen LogP contribution in [0.1, 0.15) is 116 Å². The third-order valence-electron chi connectivity index (χ3n) is 11.8. The third kappa shape index (κ3) is 2.89. The van der Waals surface area contributed by atoms with Crippen molar-refractivity contribution in [2.24, 2.45) is 58.2 Å². The summed E-state index contributed by atoms with van der Waals surface area (Å²) in [5.41, 5.74) is 1.66. The lowest BCUT2D eigenvalue weighted by Gasteiger charge is -2.60. The van der Waals surface area contributed by atoms with Gasteiger partial charge >= 0.3 is 0 Å². The van der Waals surface area contributed by atoms with Crippen molar-refractivity contribution in [2.75, 3.05) is 0 Å². The van der Waals surface area contributed by atoms with Crippen LogP contribution < -0.4 is 0 Å². The van der Waals surface area contributed by atoms with E-state index in [9.17, 15) is 0 Å². The fourth-order valence-electron chi connectivity index (χ4n) is 12.0. The van der Waals surface area contributed by atoms with Crippen molar-refractivity contribution in [2.45, 2.75) is 116 Å². The van der Waals surface area contributed by atoms with E-state index in [2.05, 4.69) is 0 Å². The van der Waals surface area contributed by atoms with Crippen molar-refractivity contribution in [3.63, 3.8) is 0 Å². The van der Waals surface area contributed by atoms with Crippen LogP contribution in [0.4, 0.5) is 0 Å². The first-order chi connectivity index (χ1) is 13.6. The minimum absolute atomic E-state index is 0.830. The molecule has 2 atom stereocenters. The summed E-state index contributed by atoms with van der Waals surface area (Å²) in [6, 6.07) is 0. The fraction of sp³-hybridized carbons (Fsp3) is 1.00. The van der Waals surface area contributed by atoms with E-state index in [-0.39, 0.29) is 0 Å². The lowest BCUT2D eigenvalue weighted by molar-refractivity contribution is -0.0897. The molecule has 0 radical (unpaired) electrons. The Morgan fingerprint density at radius 2 is 0.714 bits per heavy atom. The van der Waals surface area contributed by atoms with Gasteiger partial charge in [0.2, 0.25) is 0 Å². The lowest BCUT2D eigenvalue weighted by Crippen LogP contribution is -2.49. The van der Waals surface area contributed by atoms with Gasteiger partial charge in [0.15, 0.2) is 0 Å². The van der Waals surface area contributed by atoms with Crippen molar-refractivity contribution in [3.05, 3.63) is 0 Å². The van der Waals surface area contributed by atoms with Crippen LogP contribution in [0.5, 0.6) is 0 Å². The molecular formula is C28H44. The predicted molar refractivity (Wildman–Crippen MR) is 116 cm³/mol.